The fourth-order valence-corrected chi connectivity index (χ4v) is 13.6. The molecule has 1 amide bonds. The Morgan fingerprint density at radius 1 is 0.297 bits per heavy atom. The normalized spacial score (nSPS) is 12.5. The summed E-state index contributed by atoms with van der Waals surface area (Å²) in [6.45, 7) is 4.96. The van der Waals surface area contributed by atoms with E-state index in [1.165, 1.54) is 417 Å². The molecule has 0 radical (unpaired) electrons. The second-order valence-electron chi connectivity index (χ2n) is 29.2. The smallest absolute Gasteiger partial charge is 0.305 e. The van der Waals surface area contributed by atoms with Crippen LogP contribution in [0.4, 0.5) is 0 Å². The first-order chi connectivity index (χ1) is 45.0. The summed E-state index contributed by atoms with van der Waals surface area (Å²) >= 11 is 0. The predicted octanol–water partition coefficient (Wildman–Crippen LogP) is 28.0. The zero-order valence-electron chi connectivity index (χ0n) is 62.1. The molecule has 2 atom stereocenters. The average Bonchev–Trinajstić information content (AvgIpc) is 3.64. The Morgan fingerprint density at radius 2 is 0.516 bits per heavy atom. The van der Waals surface area contributed by atoms with Crippen molar-refractivity contribution in [2.45, 2.75) is 495 Å². The summed E-state index contributed by atoms with van der Waals surface area (Å²) < 4.78 is 5.52. The summed E-state index contributed by atoms with van der Waals surface area (Å²) in [6, 6.07) is -0.625. The van der Waals surface area contributed by atoms with E-state index in [1.807, 2.05) is 6.08 Å². The van der Waals surface area contributed by atoms with Gasteiger partial charge >= 0.3 is 5.97 Å². The number of hydrogen-bond acceptors (Lipinski definition) is 5. The van der Waals surface area contributed by atoms with E-state index in [-0.39, 0.29) is 18.5 Å². The molecule has 0 aliphatic carbocycles. The van der Waals surface area contributed by atoms with Crippen molar-refractivity contribution in [3.63, 3.8) is 0 Å². The van der Waals surface area contributed by atoms with Crippen LogP contribution >= 0.6 is 0 Å². The molecule has 0 bridgehead atoms. The summed E-state index contributed by atoms with van der Waals surface area (Å²) in [4.78, 5) is 24.7. The highest BCUT2D eigenvalue weighted by atomic mass is 16.5. The van der Waals surface area contributed by atoms with Gasteiger partial charge in [0.15, 0.2) is 0 Å². The van der Waals surface area contributed by atoms with Crippen LogP contribution in [0.3, 0.4) is 0 Å². The van der Waals surface area contributed by atoms with Crippen LogP contribution in [-0.4, -0.2) is 47.4 Å². The van der Waals surface area contributed by atoms with Crippen molar-refractivity contribution >= 4 is 11.9 Å². The van der Waals surface area contributed by atoms with Gasteiger partial charge in [0.1, 0.15) is 0 Å². The van der Waals surface area contributed by atoms with E-state index in [9.17, 15) is 19.8 Å². The Bertz CT molecular complexity index is 1430. The van der Waals surface area contributed by atoms with Crippen LogP contribution in [0.2, 0.25) is 0 Å². The lowest BCUT2D eigenvalue weighted by Crippen LogP contribution is -2.45. The van der Waals surface area contributed by atoms with Crippen molar-refractivity contribution in [3.8, 4) is 0 Å². The Morgan fingerprint density at radius 3 is 0.780 bits per heavy atom. The highest BCUT2D eigenvalue weighted by Gasteiger charge is 2.18. The zero-order valence-corrected chi connectivity index (χ0v) is 62.1. The Kier molecular flexibility index (Phi) is 79.3. The highest BCUT2D eigenvalue weighted by molar-refractivity contribution is 5.76. The predicted molar refractivity (Wildman–Crippen MR) is 403 cm³/mol. The van der Waals surface area contributed by atoms with Crippen molar-refractivity contribution in [1.82, 2.24) is 5.32 Å². The molecule has 0 saturated heterocycles. The molecule has 6 nitrogen and oxygen atoms in total. The number of hydrogen-bond donors (Lipinski definition) is 3. The molecule has 0 aliphatic heterocycles. The number of unbranched alkanes of at least 4 members (excludes halogenated alkanes) is 67. The molecule has 2 unspecified atom stereocenters. The van der Waals surface area contributed by atoms with Gasteiger partial charge in [0.25, 0.3) is 0 Å². The molecule has 0 aromatic carbocycles. The maximum Gasteiger partial charge on any atom is 0.305 e. The summed E-state index contributed by atoms with van der Waals surface area (Å²) in [5.74, 6) is -0.0318. The molecule has 91 heavy (non-hydrogen) atoms. The van der Waals surface area contributed by atoms with Crippen molar-refractivity contribution in [2.24, 2.45) is 0 Å². The Hall–Kier alpha value is -1.66. The van der Waals surface area contributed by atoms with Gasteiger partial charge in [0, 0.05) is 12.8 Å². The van der Waals surface area contributed by atoms with E-state index in [0.717, 1.165) is 38.5 Å². The number of nitrogens with one attached hydrogen (secondary N) is 1. The number of aliphatic hydroxyl groups excluding tert-OH is 2. The number of carbonyl (C=O) groups excluding carboxylic acids is 2. The number of carbonyl (C=O) groups is 2. The molecule has 0 fully saturated rings. The molecule has 3 N–H and O–H groups in total. The van der Waals surface area contributed by atoms with Gasteiger partial charge in [-0.15, -0.1) is 0 Å². The van der Waals surface area contributed by atoms with Crippen molar-refractivity contribution in [2.75, 3.05) is 13.2 Å². The van der Waals surface area contributed by atoms with Gasteiger partial charge in [-0.05, 0) is 57.8 Å². The first kappa shape index (κ1) is 89.3. The second-order valence-corrected chi connectivity index (χ2v) is 29.2. The maximum atomic E-state index is 12.5. The van der Waals surface area contributed by atoms with E-state index < -0.39 is 12.1 Å². The van der Waals surface area contributed by atoms with Crippen LogP contribution < -0.4 is 5.32 Å². The number of esters is 1. The molecule has 0 aromatic heterocycles. The topological polar surface area (TPSA) is 95.9 Å². The SMILES string of the molecule is CCCCCCCCCCCCCCCCC/C=C/C(O)C(CO)NC(=O)CCCCCCCCCCCCCCCCCCC/C=C\CCCCCCCCCCCCCCCCCCCCOC(=O)CCCCCCCCCCCCCCCCCCCC. The monoisotopic (exact) mass is 1280 g/mol. The molecule has 0 aromatic rings. The first-order valence-corrected chi connectivity index (χ1v) is 42.1. The number of amides is 1. The summed E-state index contributed by atoms with van der Waals surface area (Å²) in [5.41, 5.74) is 0. The van der Waals surface area contributed by atoms with Crippen molar-refractivity contribution < 1.29 is 24.5 Å². The van der Waals surface area contributed by atoms with Gasteiger partial charge in [-0.3, -0.25) is 9.59 Å². The van der Waals surface area contributed by atoms with Gasteiger partial charge < -0.3 is 20.3 Å². The van der Waals surface area contributed by atoms with Gasteiger partial charge in [0.05, 0.1) is 25.4 Å². The Balaban J connectivity index is 3.32. The lowest BCUT2D eigenvalue weighted by atomic mass is 10.0. The third-order valence-corrected chi connectivity index (χ3v) is 20.0. The molecule has 540 valence electrons. The fourth-order valence-electron chi connectivity index (χ4n) is 13.6. The molecule has 0 aliphatic rings. The molecule has 0 rings (SSSR count). The third kappa shape index (κ3) is 77.2. The minimum Gasteiger partial charge on any atom is -0.466 e. The molecule has 0 spiro atoms. The highest BCUT2D eigenvalue weighted by Crippen LogP contribution is 2.20. The zero-order chi connectivity index (χ0) is 65.6. The lowest BCUT2D eigenvalue weighted by Gasteiger charge is -2.20. The van der Waals surface area contributed by atoms with Crippen LogP contribution in [0.25, 0.3) is 0 Å². The fraction of sp³-hybridized carbons (Fsp3) is 0.929. The second kappa shape index (κ2) is 80.8. The number of ether oxygens (including phenoxy) is 1. The van der Waals surface area contributed by atoms with E-state index in [1.54, 1.807) is 6.08 Å². The number of rotatable bonds is 80. The average molecular weight is 1280 g/mol. The van der Waals surface area contributed by atoms with E-state index in [2.05, 4.69) is 31.3 Å². The molecular weight excluding hydrogens is 1110 g/mol. The van der Waals surface area contributed by atoms with E-state index in [0.29, 0.717) is 19.4 Å². The van der Waals surface area contributed by atoms with Crippen molar-refractivity contribution in [3.05, 3.63) is 24.3 Å². The van der Waals surface area contributed by atoms with Gasteiger partial charge in [0.2, 0.25) is 5.91 Å². The lowest BCUT2D eigenvalue weighted by molar-refractivity contribution is -0.143. The summed E-state index contributed by atoms with van der Waals surface area (Å²) in [5, 5.41) is 23.2. The molecule has 0 heterocycles. The molecule has 0 saturated carbocycles. The standard InChI is InChI=1S/C85H165NO5/c1-3-5-7-9-11-13-15-17-19-21-47-51-55-59-63-67-71-75-79-85(90)91-80-76-72-68-64-60-56-52-48-44-42-40-38-36-34-32-30-28-26-24-22-23-25-27-29-31-33-35-37-39-41-43-46-50-54-58-62-66-70-74-78-84(89)86-82(81-87)83(88)77-73-69-65-61-57-53-49-45-20-18-16-14-12-10-8-6-4-2/h22-23,73,77,82-83,87-88H,3-21,24-72,74-76,78-81H2,1-2H3,(H,86,89)/b23-22-,77-73+. The molecular formula is C85H165NO5. The van der Waals surface area contributed by atoms with Crippen LogP contribution in [-0.2, 0) is 14.3 Å². The summed E-state index contributed by atoms with van der Waals surface area (Å²) in [7, 11) is 0. The van der Waals surface area contributed by atoms with Crippen LogP contribution in [0, 0.1) is 0 Å². The first-order valence-electron chi connectivity index (χ1n) is 42.1. The largest absolute Gasteiger partial charge is 0.466 e. The van der Waals surface area contributed by atoms with Gasteiger partial charge in [-0.25, -0.2) is 0 Å². The van der Waals surface area contributed by atoms with Gasteiger partial charge in [-0.1, -0.05) is 436 Å². The minimum atomic E-state index is -0.841. The third-order valence-electron chi connectivity index (χ3n) is 20.0. The van der Waals surface area contributed by atoms with Crippen LogP contribution in [0.5, 0.6) is 0 Å². The van der Waals surface area contributed by atoms with Gasteiger partial charge in [-0.2, -0.15) is 0 Å². The van der Waals surface area contributed by atoms with Crippen LogP contribution in [0.1, 0.15) is 483 Å². The summed E-state index contributed by atoms with van der Waals surface area (Å²) in [6.07, 6.45) is 105. The van der Waals surface area contributed by atoms with Crippen LogP contribution in [0.15, 0.2) is 24.3 Å². The van der Waals surface area contributed by atoms with Crippen molar-refractivity contribution in [1.29, 1.82) is 0 Å². The van der Waals surface area contributed by atoms with E-state index >= 15 is 0 Å². The number of aliphatic hydroxyl groups is 2. The molecule has 6 heteroatoms. The number of allylic oxidation sites excluding steroid dienone is 3. The minimum absolute atomic E-state index is 0.0278. The quantitative estimate of drug-likeness (QED) is 0.0320. The van der Waals surface area contributed by atoms with E-state index in [4.69, 9.17) is 4.74 Å². The Labute approximate surface area is 571 Å². The maximum absolute atomic E-state index is 12.5.